The lowest BCUT2D eigenvalue weighted by Gasteiger charge is -2.11. The predicted molar refractivity (Wildman–Crippen MR) is 50.7 cm³/mol. The van der Waals surface area contributed by atoms with Gasteiger partial charge in [-0.1, -0.05) is 17.7 Å². The van der Waals surface area contributed by atoms with Crippen LogP contribution >= 0.6 is 11.6 Å². The molecule has 0 aromatic heterocycles. The van der Waals surface area contributed by atoms with Gasteiger partial charge < -0.3 is 10.6 Å². The largest absolute Gasteiger partial charge is 0.336 e. The molecule has 0 aliphatic carbocycles. The molecular weight excluding hydrogens is 207 g/mol. The van der Waals surface area contributed by atoms with Gasteiger partial charge in [0, 0.05) is 17.1 Å². The van der Waals surface area contributed by atoms with Crippen molar-refractivity contribution < 1.29 is 9.18 Å². The zero-order valence-corrected chi connectivity index (χ0v) is 7.94. The first-order valence-corrected chi connectivity index (χ1v) is 4.54. The topological polar surface area (TPSA) is 41.1 Å². The van der Waals surface area contributed by atoms with Gasteiger partial charge in [-0.3, -0.25) is 0 Å². The third-order valence-electron chi connectivity index (χ3n) is 2.12. The van der Waals surface area contributed by atoms with Crippen LogP contribution < -0.4 is 10.6 Å². The monoisotopic (exact) mass is 214 g/mol. The van der Waals surface area contributed by atoms with E-state index in [2.05, 4.69) is 10.6 Å². The number of amides is 2. The summed E-state index contributed by atoms with van der Waals surface area (Å²) < 4.78 is 13.4. The molecule has 0 bridgehead atoms. The first-order valence-electron chi connectivity index (χ1n) is 4.17. The molecule has 1 aliphatic rings. The van der Waals surface area contributed by atoms with Crippen LogP contribution in [0.4, 0.5) is 9.18 Å². The quantitative estimate of drug-likeness (QED) is 0.736. The standard InChI is InChI=1S/C9H8ClFN2O/c10-5-2-1-3-6(11)8(5)7-4-12-9(14)13-7/h1-3,7H,4H2,(H2,12,13,14)/t7-/m1/s1. The highest BCUT2D eigenvalue weighted by molar-refractivity contribution is 6.31. The molecule has 1 heterocycles. The maximum absolute atomic E-state index is 13.4. The number of hydrogen-bond acceptors (Lipinski definition) is 1. The van der Waals surface area contributed by atoms with E-state index >= 15 is 0 Å². The second-order valence-electron chi connectivity index (χ2n) is 3.04. The van der Waals surface area contributed by atoms with Crippen LogP contribution in [0.2, 0.25) is 5.02 Å². The Kier molecular flexibility index (Phi) is 2.29. The average molecular weight is 215 g/mol. The van der Waals surface area contributed by atoms with Gasteiger partial charge in [0.05, 0.1) is 6.04 Å². The minimum absolute atomic E-state index is 0.297. The zero-order chi connectivity index (χ0) is 10.1. The molecule has 0 saturated carbocycles. The molecule has 2 N–H and O–H groups in total. The SMILES string of the molecule is O=C1NC[C@H](c2c(F)cccc2Cl)N1. The lowest BCUT2D eigenvalue weighted by Crippen LogP contribution is -2.22. The summed E-state index contributed by atoms with van der Waals surface area (Å²) >= 11 is 5.84. The molecule has 5 heteroatoms. The van der Waals surface area contributed by atoms with E-state index in [-0.39, 0.29) is 12.1 Å². The molecule has 1 atom stereocenters. The molecule has 2 amide bonds. The van der Waals surface area contributed by atoms with Gasteiger partial charge in [0.2, 0.25) is 0 Å². The molecule has 3 nitrogen and oxygen atoms in total. The van der Waals surface area contributed by atoms with Crippen LogP contribution in [0.5, 0.6) is 0 Å². The van der Waals surface area contributed by atoms with Crippen molar-refractivity contribution in [1.29, 1.82) is 0 Å². The van der Waals surface area contributed by atoms with Crippen molar-refractivity contribution in [2.24, 2.45) is 0 Å². The molecule has 2 rings (SSSR count). The Labute approximate surface area is 85.3 Å². The summed E-state index contributed by atoms with van der Waals surface area (Å²) in [5, 5.41) is 5.46. The van der Waals surface area contributed by atoms with Crippen molar-refractivity contribution >= 4 is 17.6 Å². The summed E-state index contributed by atoms with van der Waals surface area (Å²) in [6.45, 7) is 0.361. The number of halogens is 2. The summed E-state index contributed by atoms with van der Waals surface area (Å²) in [6.07, 6.45) is 0. The van der Waals surface area contributed by atoms with Gasteiger partial charge in [-0.2, -0.15) is 0 Å². The summed E-state index contributed by atoms with van der Waals surface area (Å²) in [7, 11) is 0. The second kappa shape index (κ2) is 3.46. The van der Waals surface area contributed by atoms with Gasteiger partial charge in [0.1, 0.15) is 5.82 Å². The van der Waals surface area contributed by atoms with E-state index in [1.54, 1.807) is 6.07 Å². The summed E-state index contributed by atoms with van der Waals surface area (Å²) in [5.74, 6) is -0.397. The fraction of sp³-hybridized carbons (Fsp3) is 0.222. The molecular formula is C9H8ClFN2O. The number of rotatable bonds is 1. The highest BCUT2D eigenvalue weighted by Gasteiger charge is 2.25. The van der Waals surface area contributed by atoms with E-state index in [4.69, 9.17) is 11.6 Å². The molecule has 14 heavy (non-hydrogen) atoms. The fourth-order valence-electron chi connectivity index (χ4n) is 1.47. The van der Waals surface area contributed by atoms with Gasteiger partial charge in [0.25, 0.3) is 0 Å². The number of urea groups is 1. The Morgan fingerprint density at radius 2 is 2.29 bits per heavy atom. The van der Waals surface area contributed by atoms with Gasteiger partial charge in [-0.25, -0.2) is 9.18 Å². The minimum Gasteiger partial charge on any atom is -0.336 e. The summed E-state index contributed by atoms with van der Waals surface area (Å²) in [5.41, 5.74) is 0.340. The Morgan fingerprint density at radius 1 is 1.50 bits per heavy atom. The van der Waals surface area contributed by atoms with Crippen LogP contribution in [-0.2, 0) is 0 Å². The van der Waals surface area contributed by atoms with Crippen molar-refractivity contribution in [3.63, 3.8) is 0 Å². The lowest BCUT2D eigenvalue weighted by atomic mass is 10.1. The van der Waals surface area contributed by atoms with Crippen LogP contribution in [0.1, 0.15) is 11.6 Å². The lowest BCUT2D eigenvalue weighted by molar-refractivity contribution is 0.247. The van der Waals surface area contributed by atoms with Gasteiger partial charge >= 0.3 is 6.03 Å². The zero-order valence-electron chi connectivity index (χ0n) is 7.18. The number of nitrogens with one attached hydrogen (secondary N) is 2. The van der Waals surface area contributed by atoms with E-state index in [1.807, 2.05) is 0 Å². The van der Waals surface area contributed by atoms with Crippen LogP contribution in [0.25, 0.3) is 0 Å². The van der Waals surface area contributed by atoms with Crippen LogP contribution in [0.15, 0.2) is 18.2 Å². The third kappa shape index (κ3) is 1.53. The Balaban J connectivity index is 2.36. The van der Waals surface area contributed by atoms with E-state index in [0.29, 0.717) is 17.1 Å². The van der Waals surface area contributed by atoms with E-state index in [9.17, 15) is 9.18 Å². The molecule has 1 aliphatic heterocycles. The summed E-state index contributed by atoms with van der Waals surface area (Å²) in [6, 6.07) is 3.78. The molecule has 0 unspecified atom stereocenters. The molecule has 0 spiro atoms. The Hall–Kier alpha value is -1.29. The van der Waals surface area contributed by atoms with Gasteiger partial charge in [-0.15, -0.1) is 0 Å². The van der Waals surface area contributed by atoms with Crippen molar-refractivity contribution in [3.8, 4) is 0 Å². The van der Waals surface area contributed by atoms with Crippen LogP contribution in [0, 0.1) is 5.82 Å². The number of carbonyl (C=O) groups is 1. The highest BCUT2D eigenvalue weighted by atomic mass is 35.5. The first-order chi connectivity index (χ1) is 6.68. The van der Waals surface area contributed by atoms with Crippen molar-refractivity contribution in [2.45, 2.75) is 6.04 Å². The number of carbonyl (C=O) groups excluding carboxylic acids is 1. The van der Waals surface area contributed by atoms with Gasteiger partial charge in [0.15, 0.2) is 0 Å². The number of benzene rings is 1. The molecule has 1 saturated heterocycles. The van der Waals surface area contributed by atoms with Crippen molar-refractivity contribution in [3.05, 3.63) is 34.6 Å². The predicted octanol–water partition coefficient (Wildman–Crippen LogP) is 1.83. The van der Waals surface area contributed by atoms with E-state index in [0.717, 1.165) is 0 Å². The number of hydrogen-bond donors (Lipinski definition) is 2. The maximum Gasteiger partial charge on any atom is 0.315 e. The highest BCUT2D eigenvalue weighted by Crippen LogP contribution is 2.26. The Morgan fingerprint density at radius 3 is 2.86 bits per heavy atom. The Bertz CT molecular complexity index is 363. The second-order valence-corrected chi connectivity index (χ2v) is 3.45. The molecule has 1 aromatic rings. The minimum atomic E-state index is -0.397. The molecule has 0 radical (unpaired) electrons. The smallest absolute Gasteiger partial charge is 0.315 e. The molecule has 1 fully saturated rings. The van der Waals surface area contributed by atoms with Crippen molar-refractivity contribution in [2.75, 3.05) is 6.54 Å². The average Bonchev–Trinajstić information content (AvgIpc) is 2.51. The van der Waals surface area contributed by atoms with Gasteiger partial charge in [-0.05, 0) is 12.1 Å². The molecule has 1 aromatic carbocycles. The van der Waals surface area contributed by atoms with E-state index < -0.39 is 5.82 Å². The van der Waals surface area contributed by atoms with Crippen LogP contribution in [-0.4, -0.2) is 12.6 Å². The molecule has 74 valence electrons. The summed E-state index contributed by atoms with van der Waals surface area (Å²) in [4.78, 5) is 10.9. The van der Waals surface area contributed by atoms with Crippen LogP contribution in [0.3, 0.4) is 0 Å². The van der Waals surface area contributed by atoms with Crippen molar-refractivity contribution in [1.82, 2.24) is 10.6 Å². The maximum atomic E-state index is 13.4. The fourth-order valence-corrected chi connectivity index (χ4v) is 1.77. The first kappa shape index (κ1) is 9.27. The third-order valence-corrected chi connectivity index (χ3v) is 2.45. The van der Waals surface area contributed by atoms with E-state index in [1.165, 1.54) is 12.1 Å². The normalized spacial score (nSPS) is 20.4.